The Hall–Kier alpha value is -2.60. The maximum atomic E-state index is 13.3. The van der Waals surface area contributed by atoms with Crippen LogP contribution in [0.5, 0.6) is 0 Å². The highest BCUT2D eigenvalue weighted by Gasteiger charge is 2.36. The molecule has 1 unspecified atom stereocenters. The highest BCUT2D eigenvalue weighted by molar-refractivity contribution is 5.59. The number of nitriles is 1. The van der Waals surface area contributed by atoms with E-state index in [1.807, 2.05) is 6.07 Å². The smallest absolute Gasteiger partial charge is 0.366 e. The maximum Gasteiger partial charge on any atom is 0.418 e. The van der Waals surface area contributed by atoms with Crippen LogP contribution in [-0.2, 0) is 10.9 Å². The van der Waals surface area contributed by atoms with E-state index in [9.17, 15) is 13.2 Å². The molecule has 0 saturated carbocycles. The van der Waals surface area contributed by atoms with Gasteiger partial charge in [0, 0.05) is 6.54 Å². The zero-order valence-corrected chi connectivity index (χ0v) is 12.8. The van der Waals surface area contributed by atoms with E-state index in [0.29, 0.717) is 11.6 Å². The Labute approximate surface area is 135 Å². The molecule has 0 bridgehead atoms. The van der Waals surface area contributed by atoms with Crippen LogP contribution in [0.1, 0.15) is 28.9 Å². The van der Waals surface area contributed by atoms with Crippen molar-refractivity contribution in [3.63, 3.8) is 0 Å². The van der Waals surface area contributed by atoms with Gasteiger partial charge in [-0.3, -0.25) is 5.10 Å². The van der Waals surface area contributed by atoms with E-state index < -0.39 is 17.8 Å². The molecule has 2 aromatic rings. The molecule has 2 heterocycles. The van der Waals surface area contributed by atoms with Crippen LogP contribution in [0, 0.1) is 18.3 Å². The summed E-state index contributed by atoms with van der Waals surface area (Å²) < 4.78 is 45.5. The Morgan fingerprint density at radius 2 is 2.21 bits per heavy atom. The summed E-state index contributed by atoms with van der Waals surface area (Å²) in [5.74, 6) is 1.01. The number of anilines is 1. The molecule has 1 aliphatic rings. The third-order valence-corrected chi connectivity index (χ3v) is 3.74. The van der Waals surface area contributed by atoms with Crippen molar-refractivity contribution >= 4 is 5.69 Å². The summed E-state index contributed by atoms with van der Waals surface area (Å²) in [6.45, 7) is 2.44. The van der Waals surface area contributed by atoms with Gasteiger partial charge in [0.25, 0.3) is 0 Å². The molecule has 1 saturated heterocycles. The van der Waals surface area contributed by atoms with Crippen molar-refractivity contribution in [2.75, 3.05) is 24.6 Å². The number of aryl methyl sites for hydroxylation is 1. The average molecular weight is 337 g/mol. The molecule has 24 heavy (non-hydrogen) atoms. The number of aromatic nitrogens is 3. The number of H-pyrrole nitrogens is 1. The minimum Gasteiger partial charge on any atom is -0.366 e. The summed E-state index contributed by atoms with van der Waals surface area (Å²) in [5, 5.41) is 15.7. The van der Waals surface area contributed by atoms with Crippen molar-refractivity contribution in [1.82, 2.24) is 15.2 Å². The van der Waals surface area contributed by atoms with Gasteiger partial charge < -0.3 is 9.64 Å². The number of rotatable bonds is 2. The molecule has 1 aromatic carbocycles. The number of morpholine rings is 1. The maximum absolute atomic E-state index is 13.3. The summed E-state index contributed by atoms with van der Waals surface area (Å²) in [7, 11) is 0. The van der Waals surface area contributed by atoms with Crippen LogP contribution >= 0.6 is 0 Å². The molecule has 0 radical (unpaired) electrons. The summed E-state index contributed by atoms with van der Waals surface area (Å²) in [6.07, 6.45) is -5.03. The fourth-order valence-electron chi connectivity index (χ4n) is 2.63. The Bertz CT molecular complexity index is 780. The SMILES string of the molecule is Cc1nc(C2CN(c3cc(C#N)ccc3C(F)(F)F)CCO2)n[nH]1. The molecule has 3 rings (SSSR count). The van der Waals surface area contributed by atoms with Crippen LogP contribution in [0.4, 0.5) is 18.9 Å². The van der Waals surface area contributed by atoms with E-state index in [0.717, 1.165) is 6.07 Å². The molecule has 0 aliphatic carbocycles. The number of benzene rings is 1. The van der Waals surface area contributed by atoms with Crippen molar-refractivity contribution in [1.29, 1.82) is 5.26 Å². The Morgan fingerprint density at radius 1 is 1.42 bits per heavy atom. The number of ether oxygens (including phenoxy) is 1. The van der Waals surface area contributed by atoms with Crippen molar-refractivity contribution in [2.24, 2.45) is 0 Å². The molecule has 1 N–H and O–H groups in total. The van der Waals surface area contributed by atoms with Gasteiger partial charge in [0.05, 0.1) is 36.0 Å². The summed E-state index contributed by atoms with van der Waals surface area (Å²) in [6, 6.07) is 5.24. The lowest BCUT2D eigenvalue weighted by atomic mass is 10.1. The topological polar surface area (TPSA) is 77.8 Å². The van der Waals surface area contributed by atoms with Gasteiger partial charge in [-0.15, -0.1) is 0 Å². The average Bonchev–Trinajstić information content (AvgIpc) is 3.00. The first-order valence-electron chi connectivity index (χ1n) is 7.25. The quantitative estimate of drug-likeness (QED) is 0.911. The van der Waals surface area contributed by atoms with E-state index in [2.05, 4.69) is 15.2 Å². The first kappa shape index (κ1) is 16.3. The van der Waals surface area contributed by atoms with Crippen molar-refractivity contribution in [3.8, 4) is 6.07 Å². The van der Waals surface area contributed by atoms with Crippen LogP contribution in [0.2, 0.25) is 0 Å². The molecular weight excluding hydrogens is 323 g/mol. The lowest BCUT2D eigenvalue weighted by Crippen LogP contribution is -2.39. The highest BCUT2D eigenvalue weighted by atomic mass is 19.4. The minimum absolute atomic E-state index is 0.0258. The summed E-state index contributed by atoms with van der Waals surface area (Å²) >= 11 is 0. The molecular formula is C15H14F3N5O. The number of nitrogens with one attached hydrogen (secondary N) is 1. The van der Waals surface area contributed by atoms with Crippen molar-refractivity contribution < 1.29 is 17.9 Å². The van der Waals surface area contributed by atoms with Gasteiger partial charge >= 0.3 is 6.18 Å². The van der Waals surface area contributed by atoms with E-state index >= 15 is 0 Å². The summed E-state index contributed by atoms with van der Waals surface area (Å²) in [5.41, 5.74) is -0.620. The van der Waals surface area contributed by atoms with E-state index in [-0.39, 0.29) is 30.9 Å². The number of alkyl halides is 3. The Morgan fingerprint density at radius 3 is 2.83 bits per heavy atom. The monoisotopic (exact) mass is 337 g/mol. The van der Waals surface area contributed by atoms with Crippen LogP contribution in [0.25, 0.3) is 0 Å². The van der Waals surface area contributed by atoms with Gasteiger partial charge in [-0.05, 0) is 25.1 Å². The molecule has 6 nitrogen and oxygen atoms in total. The van der Waals surface area contributed by atoms with Gasteiger partial charge in [-0.2, -0.15) is 23.5 Å². The molecule has 126 valence electrons. The third-order valence-electron chi connectivity index (χ3n) is 3.74. The first-order chi connectivity index (χ1) is 11.4. The van der Waals surface area contributed by atoms with E-state index in [1.165, 1.54) is 12.1 Å². The Balaban J connectivity index is 1.94. The van der Waals surface area contributed by atoms with Crippen molar-refractivity contribution in [2.45, 2.75) is 19.2 Å². The van der Waals surface area contributed by atoms with Gasteiger partial charge in [-0.25, -0.2) is 4.98 Å². The molecule has 1 atom stereocenters. The number of hydrogen-bond acceptors (Lipinski definition) is 5. The number of aromatic amines is 1. The molecule has 0 amide bonds. The van der Waals surface area contributed by atoms with E-state index in [1.54, 1.807) is 11.8 Å². The molecule has 0 spiro atoms. The van der Waals surface area contributed by atoms with Gasteiger partial charge in [0.15, 0.2) is 5.82 Å². The number of hydrogen-bond donors (Lipinski definition) is 1. The highest BCUT2D eigenvalue weighted by Crippen LogP contribution is 2.38. The minimum atomic E-state index is -4.50. The van der Waals surface area contributed by atoms with Gasteiger partial charge in [0.2, 0.25) is 0 Å². The Kier molecular flexibility index (Phi) is 4.15. The normalized spacial score (nSPS) is 18.5. The number of nitrogens with zero attached hydrogens (tertiary/aromatic N) is 4. The second-order valence-electron chi connectivity index (χ2n) is 5.43. The zero-order valence-electron chi connectivity index (χ0n) is 12.8. The summed E-state index contributed by atoms with van der Waals surface area (Å²) in [4.78, 5) is 5.73. The zero-order chi connectivity index (χ0) is 17.3. The molecule has 9 heteroatoms. The molecule has 1 aliphatic heterocycles. The lowest BCUT2D eigenvalue weighted by molar-refractivity contribution is -0.137. The third kappa shape index (κ3) is 3.19. The van der Waals surface area contributed by atoms with Crippen LogP contribution in [0.3, 0.4) is 0 Å². The van der Waals surface area contributed by atoms with Gasteiger partial charge in [-0.1, -0.05) is 0 Å². The molecule has 1 fully saturated rings. The predicted molar refractivity (Wildman–Crippen MR) is 78.2 cm³/mol. The van der Waals surface area contributed by atoms with E-state index in [4.69, 9.17) is 10.00 Å². The fraction of sp³-hybridized carbons (Fsp3) is 0.400. The lowest BCUT2D eigenvalue weighted by Gasteiger charge is -2.34. The first-order valence-corrected chi connectivity index (χ1v) is 7.25. The van der Waals surface area contributed by atoms with Crippen LogP contribution in [-0.4, -0.2) is 34.9 Å². The second kappa shape index (κ2) is 6.13. The second-order valence-corrected chi connectivity index (χ2v) is 5.43. The van der Waals surface area contributed by atoms with Crippen LogP contribution < -0.4 is 4.90 Å². The predicted octanol–water partition coefficient (Wildman–Crippen LogP) is 2.58. The number of halogens is 3. The standard InChI is InChI=1S/C15H14F3N5O/c1-9-20-14(22-21-9)13-8-23(4-5-24-13)12-6-10(7-19)2-3-11(12)15(16,17)18/h2-3,6,13H,4-5,8H2,1H3,(H,20,21,22). The largest absolute Gasteiger partial charge is 0.418 e. The van der Waals surface area contributed by atoms with Crippen molar-refractivity contribution in [3.05, 3.63) is 41.0 Å². The fourth-order valence-corrected chi connectivity index (χ4v) is 2.63. The molecule has 1 aromatic heterocycles. The van der Waals surface area contributed by atoms with Crippen LogP contribution in [0.15, 0.2) is 18.2 Å². The van der Waals surface area contributed by atoms with Gasteiger partial charge in [0.1, 0.15) is 11.9 Å².